The Morgan fingerprint density at radius 3 is 2.88 bits per heavy atom. The van der Waals surface area contributed by atoms with E-state index >= 15 is 0 Å². The van der Waals surface area contributed by atoms with Gasteiger partial charge in [-0.05, 0) is 42.2 Å². The zero-order chi connectivity index (χ0) is 11.0. The standard InChI is InChI=1S/C11H12N6/c1-2-4(1)7-5-3-6-9(8(5)7)12-13-10(6)11-14-16-17-15-11/h4-5,7-8H,1-3H2,(H,12,13)(H,14,15,16,17)/t5-,7?,8+/m0/s1. The third-order valence-electron chi connectivity index (χ3n) is 4.62. The molecule has 2 fully saturated rings. The van der Waals surface area contributed by atoms with E-state index < -0.39 is 0 Å². The quantitative estimate of drug-likeness (QED) is 0.799. The first kappa shape index (κ1) is 8.38. The van der Waals surface area contributed by atoms with Gasteiger partial charge in [0.25, 0.3) is 0 Å². The van der Waals surface area contributed by atoms with Gasteiger partial charge in [0.15, 0.2) is 0 Å². The summed E-state index contributed by atoms with van der Waals surface area (Å²) in [5, 5.41) is 21.7. The molecule has 2 saturated carbocycles. The first-order valence-electron chi connectivity index (χ1n) is 6.24. The Morgan fingerprint density at radius 1 is 1.18 bits per heavy atom. The van der Waals surface area contributed by atoms with Crippen LogP contribution >= 0.6 is 0 Å². The molecule has 0 radical (unpaired) electrons. The Morgan fingerprint density at radius 2 is 2.12 bits per heavy atom. The molecule has 0 bridgehead atoms. The second-order valence-electron chi connectivity index (χ2n) is 5.51. The van der Waals surface area contributed by atoms with Crippen molar-refractivity contribution in [2.75, 3.05) is 0 Å². The van der Waals surface area contributed by atoms with Crippen LogP contribution in [0.3, 0.4) is 0 Å². The SMILES string of the molecule is C1CC1C1[C@@H]2Cc3c(n[nH]c3-c3nn[nH]n3)[C@@H]12. The van der Waals surface area contributed by atoms with Crippen molar-refractivity contribution in [3.05, 3.63) is 11.3 Å². The van der Waals surface area contributed by atoms with Gasteiger partial charge >= 0.3 is 0 Å². The number of H-pyrrole nitrogens is 2. The van der Waals surface area contributed by atoms with Crippen LogP contribution in [0.4, 0.5) is 0 Å². The third kappa shape index (κ3) is 0.963. The molecule has 3 atom stereocenters. The van der Waals surface area contributed by atoms with Gasteiger partial charge in [0, 0.05) is 11.5 Å². The Balaban J connectivity index is 1.56. The summed E-state index contributed by atoms with van der Waals surface area (Å²) in [6.45, 7) is 0. The minimum Gasteiger partial charge on any atom is -0.274 e. The second-order valence-corrected chi connectivity index (χ2v) is 5.51. The summed E-state index contributed by atoms with van der Waals surface area (Å²) in [4.78, 5) is 0. The first-order chi connectivity index (χ1) is 8.43. The van der Waals surface area contributed by atoms with Gasteiger partial charge < -0.3 is 0 Å². The molecule has 1 unspecified atom stereocenters. The molecule has 2 heterocycles. The molecule has 2 aromatic rings. The zero-order valence-electron chi connectivity index (χ0n) is 9.22. The van der Waals surface area contributed by atoms with Crippen LogP contribution in [0.2, 0.25) is 0 Å². The largest absolute Gasteiger partial charge is 0.274 e. The zero-order valence-corrected chi connectivity index (χ0v) is 9.22. The number of rotatable bonds is 2. The molecular weight excluding hydrogens is 216 g/mol. The van der Waals surface area contributed by atoms with Crippen LogP contribution in [0, 0.1) is 17.8 Å². The van der Waals surface area contributed by atoms with E-state index in [4.69, 9.17) is 0 Å². The lowest BCUT2D eigenvalue weighted by Crippen LogP contribution is -1.95. The molecule has 5 rings (SSSR count). The molecule has 3 aliphatic rings. The molecule has 17 heavy (non-hydrogen) atoms. The van der Waals surface area contributed by atoms with E-state index in [1.807, 2.05) is 0 Å². The molecule has 3 aliphatic carbocycles. The fraction of sp³-hybridized carbons (Fsp3) is 0.636. The van der Waals surface area contributed by atoms with Crippen molar-refractivity contribution < 1.29 is 0 Å². The van der Waals surface area contributed by atoms with Crippen molar-refractivity contribution in [1.29, 1.82) is 0 Å². The van der Waals surface area contributed by atoms with Gasteiger partial charge in [-0.25, -0.2) is 0 Å². The minimum atomic E-state index is 0.642. The molecule has 0 spiro atoms. The number of hydrogen-bond donors (Lipinski definition) is 2. The maximum Gasteiger partial charge on any atom is 0.222 e. The number of aromatic amines is 2. The third-order valence-corrected chi connectivity index (χ3v) is 4.62. The van der Waals surface area contributed by atoms with Crippen molar-refractivity contribution >= 4 is 0 Å². The van der Waals surface area contributed by atoms with Crippen LogP contribution < -0.4 is 0 Å². The summed E-state index contributed by atoms with van der Waals surface area (Å²) in [6, 6.07) is 0. The van der Waals surface area contributed by atoms with Gasteiger partial charge in [-0.1, -0.05) is 0 Å². The molecule has 0 aliphatic heterocycles. The van der Waals surface area contributed by atoms with Gasteiger partial charge in [0.05, 0.1) is 5.69 Å². The van der Waals surface area contributed by atoms with Crippen LogP contribution in [0.5, 0.6) is 0 Å². The lowest BCUT2D eigenvalue weighted by molar-refractivity contribution is 0.614. The summed E-state index contributed by atoms with van der Waals surface area (Å²) < 4.78 is 0. The number of hydrogen-bond acceptors (Lipinski definition) is 4. The number of aromatic nitrogens is 6. The molecule has 2 N–H and O–H groups in total. The van der Waals surface area contributed by atoms with Gasteiger partial charge in [0.1, 0.15) is 5.69 Å². The molecule has 0 amide bonds. The maximum absolute atomic E-state index is 4.49. The van der Waals surface area contributed by atoms with E-state index in [2.05, 4.69) is 30.8 Å². The Bertz CT molecular complexity index is 581. The van der Waals surface area contributed by atoms with Crippen LogP contribution in [-0.4, -0.2) is 30.8 Å². The molecule has 0 aromatic carbocycles. The summed E-state index contributed by atoms with van der Waals surface area (Å²) >= 11 is 0. The van der Waals surface area contributed by atoms with Gasteiger partial charge in [0.2, 0.25) is 5.82 Å². The van der Waals surface area contributed by atoms with Gasteiger partial charge in [-0.3, -0.25) is 5.10 Å². The number of nitrogens with zero attached hydrogens (tertiary/aromatic N) is 4. The van der Waals surface area contributed by atoms with Crippen molar-refractivity contribution in [2.45, 2.75) is 25.2 Å². The van der Waals surface area contributed by atoms with E-state index in [9.17, 15) is 0 Å². The molecule has 86 valence electrons. The van der Waals surface area contributed by atoms with E-state index in [1.54, 1.807) is 0 Å². The fourth-order valence-electron chi connectivity index (χ4n) is 3.72. The summed E-state index contributed by atoms with van der Waals surface area (Å²) in [5.41, 5.74) is 3.58. The molecule has 6 heteroatoms. The fourth-order valence-corrected chi connectivity index (χ4v) is 3.72. The topological polar surface area (TPSA) is 83.1 Å². The minimum absolute atomic E-state index is 0.642. The van der Waals surface area contributed by atoms with Crippen molar-refractivity contribution in [3.8, 4) is 11.5 Å². The lowest BCUT2D eigenvalue weighted by Gasteiger charge is -2.00. The molecule has 6 nitrogen and oxygen atoms in total. The highest BCUT2D eigenvalue weighted by molar-refractivity contribution is 5.59. The first-order valence-corrected chi connectivity index (χ1v) is 6.24. The highest BCUT2D eigenvalue weighted by Crippen LogP contribution is 2.68. The van der Waals surface area contributed by atoms with E-state index in [0.29, 0.717) is 5.82 Å². The van der Waals surface area contributed by atoms with E-state index in [1.165, 1.54) is 24.1 Å². The second kappa shape index (κ2) is 2.57. The predicted octanol–water partition coefficient (Wildman–Crippen LogP) is 0.885. The van der Waals surface area contributed by atoms with Crippen LogP contribution in [0.1, 0.15) is 30.0 Å². The van der Waals surface area contributed by atoms with Crippen molar-refractivity contribution in [3.63, 3.8) is 0 Å². The Labute approximate surface area is 97.2 Å². The highest BCUT2D eigenvalue weighted by atomic mass is 15.5. The van der Waals surface area contributed by atoms with E-state index in [-0.39, 0.29) is 0 Å². The summed E-state index contributed by atoms with van der Waals surface area (Å²) in [5.74, 6) is 4.17. The number of nitrogens with one attached hydrogen (secondary N) is 2. The van der Waals surface area contributed by atoms with Crippen LogP contribution in [0.25, 0.3) is 11.5 Å². The smallest absolute Gasteiger partial charge is 0.222 e. The predicted molar refractivity (Wildman–Crippen MR) is 57.9 cm³/mol. The number of tetrazole rings is 1. The van der Waals surface area contributed by atoms with Crippen LogP contribution in [-0.2, 0) is 6.42 Å². The molecule has 0 saturated heterocycles. The van der Waals surface area contributed by atoms with Crippen LogP contribution in [0.15, 0.2) is 0 Å². The van der Waals surface area contributed by atoms with Gasteiger partial charge in [-0.2, -0.15) is 10.3 Å². The Kier molecular flexibility index (Phi) is 1.27. The Hall–Kier alpha value is -1.72. The summed E-state index contributed by atoms with van der Waals surface area (Å²) in [6.07, 6.45) is 4.03. The average molecular weight is 228 g/mol. The summed E-state index contributed by atoms with van der Waals surface area (Å²) in [7, 11) is 0. The monoisotopic (exact) mass is 228 g/mol. The van der Waals surface area contributed by atoms with Crippen molar-refractivity contribution in [1.82, 2.24) is 30.8 Å². The van der Waals surface area contributed by atoms with Crippen molar-refractivity contribution in [2.24, 2.45) is 17.8 Å². The number of fused-ring (bicyclic) bond motifs is 3. The maximum atomic E-state index is 4.49. The van der Waals surface area contributed by atoms with E-state index in [0.717, 1.165) is 35.8 Å². The molecule has 2 aromatic heterocycles. The lowest BCUT2D eigenvalue weighted by atomic mass is 10.0. The molecular formula is C11H12N6. The average Bonchev–Trinajstić information content (AvgIpc) is 3.08. The van der Waals surface area contributed by atoms with Gasteiger partial charge in [-0.15, -0.1) is 10.2 Å². The highest BCUT2D eigenvalue weighted by Gasteiger charge is 2.62. The normalized spacial score (nSPS) is 33.5.